The molecule has 4 aromatic carbocycles. The van der Waals surface area contributed by atoms with Crippen LogP contribution in [0.1, 0.15) is 22.8 Å². The van der Waals surface area contributed by atoms with Crippen molar-refractivity contribution in [2.75, 3.05) is 10.6 Å². The van der Waals surface area contributed by atoms with Gasteiger partial charge in [0, 0.05) is 16.1 Å². The molecule has 0 radical (unpaired) electrons. The molecule has 1 atom stereocenters. The van der Waals surface area contributed by atoms with Gasteiger partial charge in [-0.05, 0) is 61.0 Å². The van der Waals surface area contributed by atoms with Gasteiger partial charge < -0.3 is 16.0 Å². The third-order valence-corrected chi connectivity index (χ3v) is 6.97. The fourth-order valence-electron chi connectivity index (χ4n) is 3.56. The summed E-state index contributed by atoms with van der Waals surface area (Å²) < 4.78 is 0. The molecule has 8 heteroatoms. The first-order valence-corrected chi connectivity index (χ1v) is 13.4. The molecule has 4 rings (SSSR count). The Kier molecular flexibility index (Phi) is 9.56. The molecule has 3 N–H and O–H groups in total. The van der Waals surface area contributed by atoms with Crippen molar-refractivity contribution in [3.63, 3.8) is 0 Å². The van der Waals surface area contributed by atoms with Gasteiger partial charge in [0.2, 0.25) is 5.91 Å². The number of amides is 3. The van der Waals surface area contributed by atoms with Crippen LogP contribution in [0.15, 0.2) is 120 Å². The zero-order valence-electron chi connectivity index (χ0n) is 21.1. The highest BCUT2D eigenvalue weighted by Crippen LogP contribution is 2.28. The number of benzene rings is 4. The third-order valence-electron chi connectivity index (χ3n) is 5.55. The average molecular weight is 556 g/mol. The number of para-hydroxylation sites is 1. The highest BCUT2D eigenvalue weighted by Gasteiger charge is 2.18. The lowest BCUT2D eigenvalue weighted by Gasteiger charge is -2.14. The van der Waals surface area contributed by atoms with Crippen molar-refractivity contribution in [2.24, 2.45) is 0 Å². The number of carbonyl (C=O) groups excluding carboxylic acids is 3. The SMILES string of the molecule is CC(Sc1cccc(NC(=O)/C(=C/c2ccccc2)NC(=O)c2ccccc2)c1)C(=O)Nc1ccccc1Cl. The Hall–Kier alpha value is -4.33. The van der Waals surface area contributed by atoms with E-state index in [1.807, 2.05) is 42.5 Å². The van der Waals surface area contributed by atoms with E-state index in [1.165, 1.54) is 11.8 Å². The number of halogens is 1. The van der Waals surface area contributed by atoms with Crippen molar-refractivity contribution in [2.45, 2.75) is 17.1 Å². The molecule has 4 aromatic rings. The summed E-state index contributed by atoms with van der Waals surface area (Å²) in [5, 5.41) is 8.47. The Morgan fingerprint density at radius 2 is 1.46 bits per heavy atom. The van der Waals surface area contributed by atoms with Gasteiger partial charge in [-0.1, -0.05) is 78.3 Å². The zero-order valence-corrected chi connectivity index (χ0v) is 22.6. The smallest absolute Gasteiger partial charge is 0.272 e. The summed E-state index contributed by atoms with van der Waals surface area (Å²) in [7, 11) is 0. The monoisotopic (exact) mass is 555 g/mol. The van der Waals surface area contributed by atoms with E-state index in [9.17, 15) is 14.4 Å². The maximum absolute atomic E-state index is 13.3. The maximum Gasteiger partial charge on any atom is 0.272 e. The van der Waals surface area contributed by atoms with Gasteiger partial charge in [-0.15, -0.1) is 11.8 Å². The summed E-state index contributed by atoms with van der Waals surface area (Å²) in [5.41, 5.74) is 2.37. The molecular formula is C31H26ClN3O3S. The minimum Gasteiger partial charge on any atom is -0.324 e. The van der Waals surface area contributed by atoms with E-state index in [0.717, 1.165) is 10.5 Å². The molecule has 0 saturated heterocycles. The second-order valence-corrected chi connectivity index (χ2v) is 10.3. The maximum atomic E-state index is 13.3. The van der Waals surface area contributed by atoms with Crippen LogP contribution in [0, 0.1) is 0 Å². The largest absolute Gasteiger partial charge is 0.324 e. The fourth-order valence-corrected chi connectivity index (χ4v) is 4.67. The molecule has 0 bridgehead atoms. The molecule has 0 aromatic heterocycles. The summed E-state index contributed by atoms with van der Waals surface area (Å²) in [6.45, 7) is 1.79. The first kappa shape index (κ1) is 27.7. The van der Waals surface area contributed by atoms with Crippen molar-refractivity contribution >= 4 is 58.5 Å². The fraction of sp³-hybridized carbons (Fsp3) is 0.0645. The normalized spacial score (nSPS) is 11.8. The van der Waals surface area contributed by atoms with Crippen molar-refractivity contribution in [3.05, 3.63) is 131 Å². The topological polar surface area (TPSA) is 87.3 Å². The highest BCUT2D eigenvalue weighted by molar-refractivity contribution is 8.00. The quantitative estimate of drug-likeness (QED) is 0.155. The third kappa shape index (κ3) is 8.07. The number of anilines is 2. The molecule has 39 heavy (non-hydrogen) atoms. The lowest BCUT2D eigenvalue weighted by molar-refractivity contribution is -0.115. The van der Waals surface area contributed by atoms with E-state index in [0.29, 0.717) is 22.0 Å². The standard InChI is InChI=1S/C31H26ClN3O3S/c1-21(29(36)34-27-18-9-8-17-26(27)32)39-25-16-10-15-24(20-25)33-31(38)28(19-22-11-4-2-5-12-22)35-30(37)23-13-6-3-7-14-23/h2-21H,1H3,(H,33,38)(H,34,36)(H,35,37)/b28-19-. The highest BCUT2D eigenvalue weighted by atomic mass is 35.5. The van der Waals surface area contributed by atoms with Gasteiger partial charge >= 0.3 is 0 Å². The molecule has 0 aliphatic carbocycles. The van der Waals surface area contributed by atoms with E-state index in [2.05, 4.69) is 16.0 Å². The minimum atomic E-state index is -0.477. The van der Waals surface area contributed by atoms with Crippen molar-refractivity contribution in [3.8, 4) is 0 Å². The Balaban J connectivity index is 1.46. The molecule has 6 nitrogen and oxygen atoms in total. The summed E-state index contributed by atoms with van der Waals surface area (Å²) >= 11 is 7.50. The molecule has 0 spiro atoms. The minimum absolute atomic E-state index is 0.0978. The Labute approximate surface area is 236 Å². The van der Waals surface area contributed by atoms with Crippen LogP contribution < -0.4 is 16.0 Å². The van der Waals surface area contributed by atoms with E-state index in [-0.39, 0.29) is 11.6 Å². The van der Waals surface area contributed by atoms with Crippen LogP contribution in [-0.4, -0.2) is 23.0 Å². The van der Waals surface area contributed by atoms with E-state index < -0.39 is 17.1 Å². The van der Waals surface area contributed by atoms with Crippen molar-refractivity contribution in [1.29, 1.82) is 0 Å². The lowest BCUT2D eigenvalue weighted by atomic mass is 10.1. The van der Waals surface area contributed by atoms with E-state index in [4.69, 9.17) is 11.6 Å². The predicted molar refractivity (Wildman–Crippen MR) is 159 cm³/mol. The number of rotatable bonds is 9. The van der Waals surface area contributed by atoms with Gasteiger partial charge in [-0.25, -0.2) is 0 Å². The summed E-state index contributed by atoms with van der Waals surface area (Å²) in [5.74, 6) is -1.07. The summed E-state index contributed by atoms with van der Waals surface area (Å²) in [4.78, 5) is 39.6. The number of thioether (sulfide) groups is 1. The molecule has 0 fully saturated rings. The van der Waals surface area contributed by atoms with Crippen LogP contribution in [-0.2, 0) is 9.59 Å². The molecular weight excluding hydrogens is 530 g/mol. The molecule has 196 valence electrons. The first-order chi connectivity index (χ1) is 18.9. The number of nitrogens with one attached hydrogen (secondary N) is 3. The lowest BCUT2D eigenvalue weighted by Crippen LogP contribution is -2.30. The van der Waals surface area contributed by atoms with Crippen LogP contribution in [0.25, 0.3) is 6.08 Å². The summed E-state index contributed by atoms with van der Waals surface area (Å²) in [6, 6.07) is 32.2. The zero-order chi connectivity index (χ0) is 27.6. The molecule has 0 aliphatic heterocycles. The van der Waals surface area contributed by atoms with Crippen LogP contribution in [0.3, 0.4) is 0 Å². The van der Waals surface area contributed by atoms with Crippen LogP contribution in [0.5, 0.6) is 0 Å². The molecule has 0 heterocycles. The molecule has 0 saturated carbocycles. The number of carbonyl (C=O) groups is 3. The second-order valence-electron chi connectivity index (χ2n) is 8.50. The number of hydrogen-bond acceptors (Lipinski definition) is 4. The van der Waals surface area contributed by atoms with Gasteiger partial charge in [0.1, 0.15) is 5.70 Å². The molecule has 0 aliphatic rings. The Bertz CT molecular complexity index is 1490. The Morgan fingerprint density at radius 3 is 2.18 bits per heavy atom. The van der Waals surface area contributed by atoms with E-state index in [1.54, 1.807) is 79.7 Å². The van der Waals surface area contributed by atoms with Gasteiger partial charge in [0.05, 0.1) is 16.0 Å². The van der Waals surface area contributed by atoms with Crippen LogP contribution in [0.2, 0.25) is 5.02 Å². The van der Waals surface area contributed by atoms with Gasteiger partial charge in [-0.3, -0.25) is 14.4 Å². The summed E-state index contributed by atoms with van der Waals surface area (Å²) in [6.07, 6.45) is 1.62. The van der Waals surface area contributed by atoms with Crippen molar-refractivity contribution < 1.29 is 14.4 Å². The van der Waals surface area contributed by atoms with Crippen LogP contribution in [0.4, 0.5) is 11.4 Å². The van der Waals surface area contributed by atoms with Crippen molar-refractivity contribution in [1.82, 2.24) is 5.32 Å². The molecule has 1 unspecified atom stereocenters. The Morgan fingerprint density at radius 1 is 0.795 bits per heavy atom. The second kappa shape index (κ2) is 13.5. The van der Waals surface area contributed by atoms with Gasteiger partial charge in [0.15, 0.2) is 0 Å². The van der Waals surface area contributed by atoms with Crippen LogP contribution >= 0.6 is 23.4 Å². The predicted octanol–water partition coefficient (Wildman–Crippen LogP) is 6.87. The van der Waals surface area contributed by atoms with Gasteiger partial charge in [0.25, 0.3) is 11.8 Å². The van der Waals surface area contributed by atoms with E-state index >= 15 is 0 Å². The average Bonchev–Trinajstić information content (AvgIpc) is 2.95. The first-order valence-electron chi connectivity index (χ1n) is 12.2. The van der Waals surface area contributed by atoms with Gasteiger partial charge in [-0.2, -0.15) is 0 Å². The molecule has 3 amide bonds. The number of hydrogen-bond donors (Lipinski definition) is 3.